The number of carbonyl (C=O) groups excluding carboxylic acids is 1. The van der Waals surface area contributed by atoms with Crippen LogP contribution in [0.15, 0.2) is 85.1 Å². The summed E-state index contributed by atoms with van der Waals surface area (Å²) in [5, 5.41) is 8.31. The van der Waals surface area contributed by atoms with Crippen molar-refractivity contribution in [2.24, 2.45) is 0 Å². The first-order chi connectivity index (χ1) is 17.1. The lowest BCUT2D eigenvalue weighted by Gasteiger charge is -2.10. The van der Waals surface area contributed by atoms with Crippen LogP contribution in [0.4, 0.5) is 0 Å². The molecule has 0 aliphatic rings. The number of ether oxygens (including phenoxy) is 1. The van der Waals surface area contributed by atoms with Crippen LogP contribution in [-0.2, 0) is 6.42 Å². The lowest BCUT2D eigenvalue weighted by molar-refractivity contribution is 0.0946. The first-order valence-corrected chi connectivity index (χ1v) is 11.5. The van der Waals surface area contributed by atoms with Gasteiger partial charge in [0.15, 0.2) is 5.65 Å². The van der Waals surface area contributed by atoms with Gasteiger partial charge in [0.05, 0.1) is 18.5 Å². The Morgan fingerprint density at radius 2 is 1.71 bits per heavy atom. The van der Waals surface area contributed by atoms with Crippen molar-refractivity contribution in [3.05, 3.63) is 101 Å². The van der Waals surface area contributed by atoms with Gasteiger partial charge < -0.3 is 10.1 Å². The van der Waals surface area contributed by atoms with E-state index in [1.807, 2.05) is 72.8 Å². The van der Waals surface area contributed by atoms with Crippen LogP contribution < -0.4 is 10.1 Å². The number of amides is 1. The second-order valence-electron chi connectivity index (χ2n) is 7.89. The van der Waals surface area contributed by atoms with Crippen molar-refractivity contribution in [1.29, 1.82) is 0 Å². The van der Waals surface area contributed by atoms with Gasteiger partial charge in [0, 0.05) is 47.1 Å². The molecule has 0 aliphatic carbocycles. The molecule has 0 spiro atoms. The Kier molecular flexibility index (Phi) is 6.41. The number of aromatic nitrogens is 4. The van der Waals surface area contributed by atoms with Crippen molar-refractivity contribution in [2.45, 2.75) is 6.42 Å². The minimum absolute atomic E-state index is 0.242. The number of pyridine rings is 1. The summed E-state index contributed by atoms with van der Waals surface area (Å²) in [4.78, 5) is 22.4. The Morgan fingerprint density at radius 1 is 0.971 bits per heavy atom. The molecule has 0 saturated heterocycles. The van der Waals surface area contributed by atoms with Crippen LogP contribution in [-0.4, -0.2) is 39.1 Å². The molecule has 1 amide bonds. The highest BCUT2D eigenvalue weighted by Crippen LogP contribution is 2.26. The summed E-state index contributed by atoms with van der Waals surface area (Å²) in [5.74, 6) is 0.505. The van der Waals surface area contributed by atoms with E-state index in [4.69, 9.17) is 21.3 Å². The maximum atomic E-state index is 13.3. The second kappa shape index (κ2) is 9.95. The molecule has 5 rings (SSSR count). The second-order valence-corrected chi connectivity index (χ2v) is 8.33. The molecule has 0 atom stereocenters. The normalized spacial score (nSPS) is 10.9. The number of benzene rings is 2. The number of halogens is 1. The maximum Gasteiger partial charge on any atom is 0.270 e. The summed E-state index contributed by atoms with van der Waals surface area (Å²) < 4.78 is 6.84. The topological polar surface area (TPSA) is 81.4 Å². The van der Waals surface area contributed by atoms with Crippen LogP contribution in [0.5, 0.6) is 5.75 Å². The average Bonchev–Trinajstić information content (AvgIpc) is 3.33. The minimum atomic E-state index is -0.242. The van der Waals surface area contributed by atoms with Gasteiger partial charge >= 0.3 is 0 Å². The first-order valence-electron chi connectivity index (χ1n) is 11.1. The molecule has 0 aliphatic heterocycles. The predicted molar refractivity (Wildman–Crippen MR) is 136 cm³/mol. The third-order valence-corrected chi connectivity index (χ3v) is 5.83. The molecule has 2 aromatic carbocycles. The van der Waals surface area contributed by atoms with Gasteiger partial charge in [0.25, 0.3) is 5.91 Å². The van der Waals surface area contributed by atoms with E-state index in [0.29, 0.717) is 40.7 Å². The summed E-state index contributed by atoms with van der Waals surface area (Å²) in [6, 6.07) is 24.3. The van der Waals surface area contributed by atoms with Crippen molar-refractivity contribution < 1.29 is 9.53 Å². The predicted octanol–water partition coefficient (Wildman–Crippen LogP) is 5.09. The molecule has 7 nitrogen and oxygen atoms in total. The monoisotopic (exact) mass is 483 g/mol. The molecule has 8 heteroatoms. The van der Waals surface area contributed by atoms with Crippen LogP contribution in [0.25, 0.3) is 28.2 Å². The van der Waals surface area contributed by atoms with Gasteiger partial charge in [-0.3, -0.25) is 9.78 Å². The maximum absolute atomic E-state index is 13.3. The molecule has 0 radical (unpaired) electrons. The molecule has 3 heterocycles. The lowest BCUT2D eigenvalue weighted by Crippen LogP contribution is -2.28. The molecular formula is C27H22ClN5O2. The van der Waals surface area contributed by atoms with E-state index in [1.165, 1.54) is 0 Å². The third-order valence-electron chi connectivity index (χ3n) is 5.58. The van der Waals surface area contributed by atoms with Crippen LogP contribution in [0.2, 0.25) is 5.02 Å². The van der Waals surface area contributed by atoms with Crippen molar-refractivity contribution in [3.8, 4) is 28.3 Å². The molecule has 0 fully saturated rings. The van der Waals surface area contributed by atoms with Crippen LogP contribution in [0.1, 0.15) is 16.2 Å². The Morgan fingerprint density at radius 3 is 2.43 bits per heavy atom. The summed E-state index contributed by atoms with van der Waals surface area (Å²) in [6.07, 6.45) is 2.37. The Bertz CT molecular complexity index is 1470. The first kappa shape index (κ1) is 22.6. The fraction of sp³-hybridized carbons (Fsp3) is 0.111. The van der Waals surface area contributed by atoms with E-state index in [-0.39, 0.29) is 5.91 Å². The highest BCUT2D eigenvalue weighted by atomic mass is 35.5. The highest BCUT2D eigenvalue weighted by molar-refractivity contribution is 6.30. The van der Waals surface area contributed by atoms with E-state index >= 15 is 0 Å². The zero-order valence-electron chi connectivity index (χ0n) is 19.0. The van der Waals surface area contributed by atoms with Gasteiger partial charge in [-0.1, -0.05) is 29.8 Å². The summed E-state index contributed by atoms with van der Waals surface area (Å²) in [7, 11) is 1.62. The average molecular weight is 484 g/mol. The third kappa shape index (κ3) is 5.00. The largest absolute Gasteiger partial charge is 0.497 e. The molecule has 35 heavy (non-hydrogen) atoms. The number of nitrogens with zero attached hydrogens (tertiary/aromatic N) is 4. The fourth-order valence-corrected chi connectivity index (χ4v) is 3.87. The van der Waals surface area contributed by atoms with Gasteiger partial charge in [0.1, 0.15) is 11.4 Å². The standard InChI is InChI=1S/C27H22ClN5O2/c1-35-22-11-7-18(8-12-22)23-16-25(27(34)30-15-13-21-4-2-3-14-29-21)33-26(31-23)17-24(32-33)19-5-9-20(28)10-6-19/h2-12,14,16-17H,13,15H2,1H3,(H,30,34). The molecule has 0 unspecified atom stereocenters. The summed E-state index contributed by atoms with van der Waals surface area (Å²) in [6.45, 7) is 0.447. The van der Waals surface area contributed by atoms with Crippen molar-refractivity contribution >= 4 is 23.2 Å². The Labute approximate surface area is 207 Å². The van der Waals surface area contributed by atoms with Crippen molar-refractivity contribution in [2.75, 3.05) is 13.7 Å². The van der Waals surface area contributed by atoms with Crippen LogP contribution >= 0.6 is 11.6 Å². The van der Waals surface area contributed by atoms with Gasteiger partial charge in [-0.2, -0.15) is 5.10 Å². The van der Waals surface area contributed by atoms with Gasteiger partial charge in [-0.15, -0.1) is 0 Å². The smallest absolute Gasteiger partial charge is 0.270 e. The number of rotatable bonds is 7. The Balaban J connectivity index is 1.51. The number of hydrogen-bond acceptors (Lipinski definition) is 5. The lowest BCUT2D eigenvalue weighted by atomic mass is 10.1. The number of methoxy groups -OCH3 is 1. The molecule has 1 N–H and O–H groups in total. The van der Waals surface area contributed by atoms with Crippen molar-refractivity contribution in [1.82, 2.24) is 24.9 Å². The van der Waals surface area contributed by atoms with Gasteiger partial charge in [-0.25, -0.2) is 9.50 Å². The molecule has 5 aromatic rings. The molecular weight excluding hydrogens is 462 g/mol. The summed E-state index contributed by atoms with van der Waals surface area (Å²) in [5.41, 5.74) is 4.98. The SMILES string of the molecule is COc1ccc(-c2cc(C(=O)NCCc3ccccn3)n3nc(-c4ccc(Cl)cc4)cc3n2)cc1. The van der Waals surface area contributed by atoms with E-state index in [2.05, 4.69) is 15.4 Å². The summed E-state index contributed by atoms with van der Waals surface area (Å²) >= 11 is 6.04. The fourth-order valence-electron chi connectivity index (χ4n) is 3.75. The molecule has 174 valence electrons. The zero-order valence-corrected chi connectivity index (χ0v) is 19.7. The highest BCUT2D eigenvalue weighted by Gasteiger charge is 2.17. The zero-order chi connectivity index (χ0) is 24.2. The van der Waals surface area contributed by atoms with Crippen molar-refractivity contribution in [3.63, 3.8) is 0 Å². The van der Waals surface area contributed by atoms with E-state index in [1.54, 1.807) is 23.9 Å². The van der Waals surface area contributed by atoms with E-state index < -0.39 is 0 Å². The molecule has 0 saturated carbocycles. The number of nitrogens with one attached hydrogen (secondary N) is 1. The quantitative estimate of drug-likeness (QED) is 0.348. The number of carbonyl (C=O) groups is 1. The van der Waals surface area contributed by atoms with Crippen LogP contribution in [0, 0.1) is 0 Å². The Hall–Kier alpha value is -4.23. The van der Waals surface area contributed by atoms with Gasteiger partial charge in [0.2, 0.25) is 0 Å². The van der Waals surface area contributed by atoms with Gasteiger partial charge in [-0.05, 0) is 54.6 Å². The van der Waals surface area contributed by atoms with Crippen LogP contribution in [0.3, 0.4) is 0 Å². The number of fused-ring (bicyclic) bond motifs is 1. The molecule has 3 aromatic heterocycles. The number of hydrogen-bond donors (Lipinski definition) is 1. The molecule has 0 bridgehead atoms. The minimum Gasteiger partial charge on any atom is -0.497 e. The van der Waals surface area contributed by atoms with E-state index in [9.17, 15) is 4.79 Å². The van der Waals surface area contributed by atoms with E-state index in [0.717, 1.165) is 22.6 Å².